The van der Waals surface area contributed by atoms with Crippen molar-refractivity contribution in [3.63, 3.8) is 0 Å². The number of urea groups is 1. The van der Waals surface area contributed by atoms with E-state index in [0.717, 1.165) is 11.3 Å². The highest BCUT2D eigenvalue weighted by Gasteiger charge is 2.26. The number of nitrogens with zero attached hydrogens (tertiary/aromatic N) is 2. The van der Waals surface area contributed by atoms with Gasteiger partial charge in [0.15, 0.2) is 0 Å². The molecule has 2 aliphatic rings. The van der Waals surface area contributed by atoms with Gasteiger partial charge in [-0.15, -0.1) is 0 Å². The molecule has 1 N–H and O–H groups in total. The molecular weight excluding hydrogens is 302 g/mol. The van der Waals surface area contributed by atoms with Gasteiger partial charge in [-0.1, -0.05) is 25.0 Å². The van der Waals surface area contributed by atoms with Gasteiger partial charge >= 0.3 is 6.03 Å². The first-order valence-electron chi connectivity index (χ1n) is 9.02. The maximum absolute atomic E-state index is 12.4. The van der Waals surface area contributed by atoms with E-state index in [0.29, 0.717) is 38.5 Å². The van der Waals surface area contributed by atoms with Gasteiger partial charge in [0.1, 0.15) is 0 Å². The van der Waals surface area contributed by atoms with Crippen molar-refractivity contribution in [1.82, 2.24) is 9.80 Å². The predicted octanol–water partition coefficient (Wildman–Crippen LogP) is 3.25. The van der Waals surface area contributed by atoms with Crippen LogP contribution in [0.25, 0.3) is 0 Å². The number of hydrogen-bond acceptors (Lipinski definition) is 2. The molecule has 130 valence electrons. The summed E-state index contributed by atoms with van der Waals surface area (Å²) < 4.78 is 0. The summed E-state index contributed by atoms with van der Waals surface area (Å²) in [5.41, 5.74) is 1.94. The van der Waals surface area contributed by atoms with Gasteiger partial charge in [0.2, 0.25) is 5.91 Å². The van der Waals surface area contributed by atoms with Crippen LogP contribution in [0.5, 0.6) is 0 Å². The Hall–Kier alpha value is -2.04. The van der Waals surface area contributed by atoms with Gasteiger partial charge in [0.05, 0.1) is 0 Å². The molecule has 1 aliphatic carbocycles. The van der Waals surface area contributed by atoms with Crippen LogP contribution in [0.1, 0.15) is 37.7 Å². The number of benzene rings is 1. The number of carbonyl (C=O) groups excluding carboxylic acids is 2. The van der Waals surface area contributed by atoms with Gasteiger partial charge in [0, 0.05) is 38.3 Å². The first-order valence-corrected chi connectivity index (χ1v) is 9.02. The molecule has 1 aromatic rings. The molecule has 0 bridgehead atoms. The van der Waals surface area contributed by atoms with Crippen molar-refractivity contribution in [2.75, 3.05) is 31.5 Å². The number of nitrogens with one attached hydrogen (secondary N) is 1. The zero-order valence-electron chi connectivity index (χ0n) is 14.5. The second-order valence-electron chi connectivity index (χ2n) is 7.02. The molecule has 3 rings (SSSR count). The molecule has 1 heterocycles. The smallest absolute Gasteiger partial charge is 0.321 e. The fourth-order valence-corrected chi connectivity index (χ4v) is 3.67. The van der Waals surface area contributed by atoms with Crippen LogP contribution in [0, 0.1) is 12.8 Å². The van der Waals surface area contributed by atoms with Gasteiger partial charge in [-0.2, -0.15) is 0 Å². The maximum atomic E-state index is 12.4. The Morgan fingerprint density at radius 3 is 2.42 bits per heavy atom. The van der Waals surface area contributed by atoms with Crippen molar-refractivity contribution in [3.05, 3.63) is 29.8 Å². The van der Waals surface area contributed by atoms with E-state index in [-0.39, 0.29) is 11.9 Å². The van der Waals surface area contributed by atoms with E-state index < -0.39 is 0 Å². The Balaban J connectivity index is 1.45. The van der Waals surface area contributed by atoms with Gasteiger partial charge in [-0.25, -0.2) is 4.79 Å². The summed E-state index contributed by atoms with van der Waals surface area (Å²) >= 11 is 0. The molecule has 24 heavy (non-hydrogen) atoms. The summed E-state index contributed by atoms with van der Waals surface area (Å²) in [6.45, 7) is 4.51. The van der Waals surface area contributed by atoms with Gasteiger partial charge < -0.3 is 15.1 Å². The topological polar surface area (TPSA) is 52.7 Å². The Bertz CT molecular complexity index is 588. The van der Waals surface area contributed by atoms with Crippen molar-refractivity contribution in [3.8, 4) is 0 Å². The number of anilines is 1. The predicted molar refractivity (Wildman–Crippen MR) is 94.9 cm³/mol. The van der Waals surface area contributed by atoms with Crippen LogP contribution >= 0.6 is 0 Å². The first-order chi connectivity index (χ1) is 11.6. The zero-order valence-corrected chi connectivity index (χ0v) is 14.5. The minimum absolute atomic E-state index is 0.0801. The number of rotatable bonds is 3. The van der Waals surface area contributed by atoms with E-state index in [9.17, 15) is 9.59 Å². The van der Waals surface area contributed by atoms with Crippen LogP contribution in [0.2, 0.25) is 0 Å². The van der Waals surface area contributed by atoms with E-state index >= 15 is 0 Å². The average molecular weight is 329 g/mol. The van der Waals surface area contributed by atoms with E-state index in [4.69, 9.17) is 0 Å². The normalized spacial score (nSPS) is 18.7. The van der Waals surface area contributed by atoms with E-state index in [1.807, 2.05) is 36.1 Å². The van der Waals surface area contributed by atoms with Crippen molar-refractivity contribution in [2.24, 2.45) is 5.92 Å². The standard InChI is InChI=1S/C19H27N3O2/c1-15-5-4-8-17(13-15)20-19(24)22-11-9-21(10-12-22)18(23)14-16-6-2-3-7-16/h4-5,8,13,16H,2-3,6-7,9-12,14H2,1H3,(H,20,24). The molecule has 5 heteroatoms. The quantitative estimate of drug-likeness (QED) is 0.925. The molecule has 0 atom stereocenters. The van der Waals surface area contributed by atoms with Crippen LogP contribution in [0.15, 0.2) is 24.3 Å². The molecule has 1 saturated heterocycles. The molecule has 0 unspecified atom stereocenters. The number of carbonyl (C=O) groups is 2. The lowest BCUT2D eigenvalue weighted by molar-refractivity contribution is -0.133. The van der Waals surface area contributed by atoms with Crippen molar-refractivity contribution >= 4 is 17.6 Å². The summed E-state index contributed by atoms with van der Waals surface area (Å²) in [6, 6.07) is 7.71. The SMILES string of the molecule is Cc1cccc(NC(=O)N2CCN(C(=O)CC3CCCC3)CC2)c1. The fraction of sp³-hybridized carbons (Fsp3) is 0.579. The second kappa shape index (κ2) is 7.69. The molecular formula is C19H27N3O2. The summed E-state index contributed by atoms with van der Waals surface area (Å²) in [4.78, 5) is 28.4. The molecule has 3 amide bonds. The molecule has 1 aliphatic heterocycles. The summed E-state index contributed by atoms with van der Waals surface area (Å²) in [6.07, 6.45) is 5.63. The highest BCUT2D eigenvalue weighted by molar-refractivity contribution is 5.89. The number of hydrogen-bond donors (Lipinski definition) is 1. The van der Waals surface area contributed by atoms with Crippen LogP contribution in [0.4, 0.5) is 10.5 Å². The molecule has 0 aromatic heterocycles. The molecule has 1 saturated carbocycles. The summed E-state index contributed by atoms with van der Waals surface area (Å²) in [5, 5.41) is 2.94. The first kappa shape index (κ1) is 16.8. The monoisotopic (exact) mass is 329 g/mol. The second-order valence-corrected chi connectivity index (χ2v) is 7.02. The summed E-state index contributed by atoms with van der Waals surface area (Å²) in [7, 11) is 0. The van der Waals surface area contributed by atoms with Crippen LogP contribution in [0.3, 0.4) is 0 Å². The molecule has 1 aromatic carbocycles. The lowest BCUT2D eigenvalue weighted by Crippen LogP contribution is -2.51. The summed E-state index contributed by atoms with van der Waals surface area (Å²) in [5.74, 6) is 0.848. The van der Waals surface area contributed by atoms with Gasteiger partial charge in [-0.3, -0.25) is 4.79 Å². The van der Waals surface area contributed by atoms with Crippen molar-refractivity contribution in [2.45, 2.75) is 39.0 Å². The average Bonchev–Trinajstić information content (AvgIpc) is 3.08. The van der Waals surface area contributed by atoms with Gasteiger partial charge in [-0.05, 0) is 43.4 Å². The van der Waals surface area contributed by atoms with Crippen LogP contribution in [-0.4, -0.2) is 47.9 Å². The molecule has 2 fully saturated rings. The largest absolute Gasteiger partial charge is 0.339 e. The third-order valence-electron chi connectivity index (χ3n) is 5.13. The Labute approximate surface area is 144 Å². The number of aryl methyl sites for hydroxylation is 1. The van der Waals surface area contributed by atoms with E-state index in [1.54, 1.807) is 4.90 Å². The van der Waals surface area contributed by atoms with E-state index in [2.05, 4.69) is 5.32 Å². The van der Waals surface area contributed by atoms with Crippen molar-refractivity contribution < 1.29 is 9.59 Å². The maximum Gasteiger partial charge on any atom is 0.321 e. The fourth-order valence-electron chi connectivity index (χ4n) is 3.67. The molecule has 0 radical (unpaired) electrons. The third-order valence-corrected chi connectivity index (χ3v) is 5.13. The lowest BCUT2D eigenvalue weighted by Gasteiger charge is -2.35. The zero-order chi connectivity index (χ0) is 16.9. The Morgan fingerprint density at radius 1 is 1.08 bits per heavy atom. The van der Waals surface area contributed by atoms with E-state index in [1.165, 1.54) is 25.7 Å². The Morgan fingerprint density at radius 2 is 1.75 bits per heavy atom. The molecule has 5 nitrogen and oxygen atoms in total. The number of amides is 3. The highest BCUT2D eigenvalue weighted by atomic mass is 16.2. The minimum atomic E-state index is -0.0801. The van der Waals surface area contributed by atoms with Crippen LogP contribution in [-0.2, 0) is 4.79 Å². The highest BCUT2D eigenvalue weighted by Crippen LogP contribution is 2.28. The Kier molecular flexibility index (Phi) is 5.38. The van der Waals surface area contributed by atoms with Gasteiger partial charge in [0.25, 0.3) is 0 Å². The third kappa shape index (κ3) is 4.28. The lowest BCUT2D eigenvalue weighted by atomic mass is 10.0. The molecule has 0 spiro atoms. The van der Waals surface area contributed by atoms with Crippen LogP contribution < -0.4 is 5.32 Å². The minimum Gasteiger partial charge on any atom is -0.339 e. The van der Waals surface area contributed by atoms with Crippen molar-refractivity contribution in [1.29, 1.82) is 0 Å². The number of piperazine rings is 1.